The summed E-state index contributed by atoms with van der Waals surface area (Å²) in [5.74, 6) is -2.53. The molecule has 0 unspecified atom stereocenters. The highest BCUT2D eigenvalue weighted by molar-refractivity contribution is 5.69. The van der Waals surface area contributed by atoms with Crippen LogP contribution in [0.4, 0.5) is 4.39 Å². The summed E-state index contributed by atoms with van der Waals surface area (Å²) >= 11 is 0. The molecular weight excluding hydrogens is 165 g/mol. The first-order chi connectivity index (χ1) is 5.59. The standard InChI is InChI=1S/C7H6FNO3/c8-5-1-4(2-7(11)12)9-3-6(5)10/h1,3,10H,2H2,(H,11,12). The van der Waals surface area contributed by atoms with Gasteiger partial charge in [0, 0.05) is 0 Å². The first-order valence-electron chi connectivity index (χ1n) is 3.15. The fourth-order valence-electron chi connectivity index (χ4n) is 0.715. The monoisotopic (exact) mass is 171 g/mol. The Kier molecular flexibility index (Phi) is 2.23. The third-order valence-electron chi connectivity index (χ3n) is 1.22. The van der Waals surface area contributed by atoms with Gasteiger partial charge in [0.05, 0.1) is 18.3 Å². The van der Waals surface area contributed by atoms with Crippen molar-refractivity contribution in [2.24, 2.45) is 0 Å². The van der Waals surface area contributed by atoms with Gasteiger partial charge >= 0.3 is 5.97 Å². The average Bonchev–Trinajstić information content (AvgIpc) is 1.96. The Labute approximate surface area is 67.3 Å². The van der Waals surface area contributed by atoms with Crippen LogP contribution in [-0.2, 0) is 11.2 Å². The summed E-state index contributed by atoms with van der Waals surface area (Å²) in [7, 11) is 0. The number of nitrogens with zero attached hydrogens (tertiary/aromatic N) is 1. The van der Waals surface area contributed by atoms with Gasteiger partial charge in [0.15, 0.2) is 11.6 Å². The average molecular weight is 171 g/mol. The zero-order valence-electron chi connectivity index (χ0n) is 5.99. The van der Waals surface area contributed by atoms with E-state index in [0.29, 0.717) is 0 Å². The minimum atomic E-state index is -1.09. The van der Waals surface area contributed by atoms with Gasteiger partial charge < -0.3 is 10.2 Å². The maximum Gasteiger partial charge on any atom is 0.309 e. The lowest BCUT2D eigenvalue weighted by atomic mass is 10.2. The van der Waals surface area contributed by atoms with Crippen LogP contribution in [0, 0.1) is 5.82 Å². The second-order valence-corrected chi connectivity index (χ2v) is 2.20. The largest absolute Gasteiger partial charge is 0.504 e. The fraction of sp³-hybridized carbons (Fsp3) is 0.143. The van der Waals surface area contributed by atoms with Gasteiger partial charge in [-0.1, -0.05) is 0 Å². The van der Waals surface area contributed by atoms with E-state index in [-0.39, 0.29) is 12.1 Å². The molecule has 0 saturated carbocycles. The first kappa shape index (κ1) is 8.45. The van der Waals surface area contributed by atoms with Crippen molar-refractivity contribution < 1.29 is 19.4 Å². The first-order valence-corrected chi connectivity index (χ1v) is 3.15. The van der Waals surface area contributed by atoms with Crippen molar-refractivity contribution in [3.05, 3.63) is 23.8 Å². The maximum atomic E-state index is 12.5. The zero-order chi connectivity index (χ0) is 9.14. The van der Waals surface area contributed by atoms with Crippen molar-refractivity contribution in [3.8, 4) is 5.75 Å². The van der Waals surface area contributed by atoms with Gasteiger partial charge in [-0.05, 0) is 6.07 Å². The highest BCUT2D eigenvalue weighted by Crippen LogP contribution is 2.13. The lowest BCUT2D eigenvalue weighted by molar-refractivity contribution is -0.136. The number of pyridine rings is 1. The van der Waals surface area contributed by atoms with Crippen LogP contribution < -0.4 is 0 Å². The van der Waals surface area contributed by atoms with Crippen LogP contribution in [0.2, 0.25) is 0 Å². The Morgan fingerprint density at radius 1 is 1.67 bits per heavy atom. The van der Waals surface area contributed by atoms with Crippen LogP contribution in [-0.4, -0.2) is 21.2 Å². The molecule has 4 nitrogen and oxygen atoms in total. The number of hydrogen-bond acceptors (Lipinski definition) is 3. The number of aromatic hydroxyl groups is 1. The third-order valence-corrected chi connectivity index (χ3v) is 1.22. The Hall–Kier alpha value is -1.65. The van der Waals surface area contributed by atoms with E-state index in [1.54, 1.807) is 0 Å². The zero-order valence-corrected chi connectivity index (χ0v) is 5.99. The molecule has 1 heterocycles. The van der Waals surface area contributed by atoms with E-state index in [0.717, 1.165) is 12.3 Å². The summed E-state index contributed by atoms with van der Waals surface area (Å²) in [5.41, 5.74) is 0.0813. The highest BCUT2D eigenvalue weighted by Gasteiger charge is 2.05. The van der Waals surface area contributed by atoms with Crippen LogP contribution in [0.15, 0.2) is 12.3 Å². The predicted octanol–water partition coefficient (Wildman–Crippen LogP) is 0.553. The predicted molar refractivity (Wildman–Crippen MR) is 37.2 cm³/mol. The normalized spacial score (nSPS) is 9.75. The fourth-order valence-corrected chi connectivity index (χ4v) is 0.715. The third kappa shape index (κ3) is 1.91. The number of halogens is 1. The maximum absolute atomic E-state index is 12.5. The summed E-state index contributed by atoms with van der Waals surface area (Å²) in [5, 5.41) is 17.0. The minimum Gasteiger partial charge on any atom is -0.504 e. The summed E-state index contributed by atoms with van der Waals surface area (Å²) in [6.07, 6.45) is 0.533. The lowest BCUT2D eigenvalue weighted by Crippen LogP contribution is -2.02. The SMILES string of the molecule is O=C(O)Cc1cc(F)c(O)cn1. The molecular formula is C7H6FNO3. The van der Waals surface area contributed by atoms with Crippen LogP contribution in [0.5, 0.6) is 5.75 Å². The van der Waals surface area contributed by atoms with E-state index in [1.807, 2.05) is 0 Å². The number of aromatic nitrogens is 1. The molecule has 1 aromatic heterocycles. The molecule has 1 rings (SSSR count). The van der Waals surface area contributed by atoms with Crippen molar-refractivity contribution in [2.45, 2.75) is 6.42 Å². The topological polar surface area (TPSA) is 70.4 Å². The molecule has 2 N–H and O–H groups in total. The van der Waals surface area contributed by atoms with Crippen LogP contribution in [0.1, 0.15) is 5.69 Å². The number of carboxylic acid groups (broad SMARTS) is 1. The molecule has 0 bridgehead atoms. The van der Waals surface area contributed by atoms with E-state index < -0.39 is 17.5 Å². The highest BCUT2D eigenvalue weighted by atomic mass is 19.1. The molecule has 64 valence electrons. The number of carbonyl (C=O) groups is 1. The van der Waals surface area contributed by atoms with E-state index in [9.17, 15) is 9.18 Å². The summed E-state index contributed by atoms with van der Waals surface area (Å²) in [4.78, 5) is 13.6. The van der Waals surface area contributed by atoms with Crippen molar-refractivity contribution in [2.75, 3.05) is 0 Å². The van der Waals surface area contributed by atoms with Crippen molar-refractivity contribution >= 4 is 5.97 Å². The summed E-state index contributed by atoms with van der Waals surface area (Å²) in [6.45, 7) is 0. The summed E-state index contributed by atoms with van der Waals surface area (Å²) in [6, 6.07) is 0.892. The molecule has 0 spiro atoms. The summed E-state index contributed by atoms with van der Waals surface area (Å²) < 4.78 is 12.5. The Bertz CT molecular complexity index is 314. The molecule has 0 aliphatic heterocycles. The lowest BCUT2D eigenvalue weighted by Gasteiger charge is -1.97. The van der Waals surface area contributed by atoms with E-state index >= 15 is 0 Å². The van der Waals surface area contributed by atoms with Crippen molar-refractivity contribution in [3.63, 3.8) is 0 Å². The minimum absolute atomic E-state index is 0.0813. The van der Waals surface area contributed by atoms with Crippen LogP contribution >= 0.6 is 0 Å². The van der Waals surface area contributed by atoms with E-state index in [4.69, 9.17) is 10.2 Å². The number of aliphatic carboxylic acids is 1. The van der Waals surface area contributed by atoms with Gasteiger partial charge in [0.1, 0.15) is 0 Å². The molecule has 0 aliphatic carbocycles. The molecule has 5 heteroatoms. The van der Waals surface area contributed by atoms with Gasteiger partial charge in [-0.15, -0.1) is 0 Å². The molecule has 1 aromatic rings. The molecule has 0 aliphatic rings. The Balaban J connectivity index is 2.89. The molecule has 0 amide bonds. The van der Waals surface area contributed by atoms with Gasteiger partial charge in [-0.2, -0.15) is 0 Å². The second kappa shape index (κ2) is 3.17. The molecule has 0 aromatic carbocycles. The molecule has 0 atom stereocenters. The van der Waals surface area contributed by atoms with Crippen LogP contribution in [0.25, 0.3) is 0 Å². The number of hydrogen-bond donors (Lipinski definition) is 2. The van der Waals surface area contributed by atoms with Crippen molar-refractivity contribution in [1.82, 2.24) is 4.98 Å². The molecule has 0 fully saturated rings. The van der Waals surface area contributed by atoms with E-state index in [1.165, 1.54) is 0 Å². The van der Waals surface area contributed by atoms with Gasteiger partial charge in [-0.25, -0.2) is 4.39 Å². The molecule has 0 saturated heterocycles. The van der Waals surface area contributed by atoms with Gasteiger partial charge in [-0.3, -0.25) is 9.78 Å². The van der Waals surface area contributed by atoms with Crippen molar-refractivity contribution in [1.29, 1.82) is 0 Å². The van der Waals surface area contributed by atoms with Gasteiger partial charge in [0.2, 0.25) is 0 Å². The number of carboxylic acids is 1. The Morgan fingerprint density at radius 2 is 2.33 bits per heavy atom. The quantitative estimate of drug-likeness (QED) is 0.681. The van der Waals surface area contributed by atoms with Gasteiger partial charge in [0.25, 0.3) is 0 Å². The smallest absolute Gasteiger partial charge is 0.309 e. The number of rotatable bonds is 2. The molecule has 0 radical (unpaired) electrons. The Morgan fingerprint density at radius 3 is 2.83 bits per heavy atom. The molecule has 12 heavy (non-hydrogen) atoms. The second-order valence-electron chi connectivity index (χ2n) is 2.20. The van der Waals surface area contributed by atoms with E-state index in [2.05, 4.69) is 4.98 Å². The van der Waals surface area contributed by atoms with Crippen LogP contribution in [0.3, 0.4) is 0 Å².